The third-order valence-electron chi connectivity index (χ3n) is 3.42. The van der Waals surface area contributed by atoms with E-state index in [2.05, 4.69) is 15.3 Å². The zero-order valence-electron chi connectivity index (χ0n) is 13.1. The Bertz CT molecular complexity index is 927. The molecular formula is C19H14ClN3O2. The van der Waals surface area contributed by atoms with E-state index in [1.54, 1.807) is 61.1 Å². The monoisotopic (exact) mass is 351 g/mol. The van der Waals surface area contributed by atoms with Gasteiger partial charge in [0.25, 0.3) is 0 Å². The number of aromatic carboxylic acids is 1. The highest BCUT2D eigenvalue weighted by molar-refractivity contribution is 6.31. The minimum Gasteiger partial charge on any atom is -0.478 e. The van der Waals surface area contributed by atoms with Crippen LogP contribution in [0.1, 0.15) is 15.9 Å². The molecule has 0 spiro atoms. The van der Waals surface area contributed by atoms with Gasteiger partial charge in [-0.2, -0.15) is 0 Å². The number of aliphatic imine (C=N–C) groups is 1. The molecule has 0 fully saturated rings. The fraction of sp³-hybridized carbons (Fsp3) is 0. The van der Waals surface area contributed by atoms with Crippen molar-refractivity contribution in [2.45, 2.75) is 0 Å². The molecule has 0 saturated carbocycles. The van der Waals surface area contributed by atoms with E-state index in [0.717, 1.165) is 5.56 Å². The van der Waals surface area contributed by atoms with E-state index in [4.69, 9.17) is 11.6 Å². The first-order valence-electron chi connectivity index (χ1n) is 7.46. The Labute approximate surface area is 149 Å². The van der Waals surface area contributed by atoms with Crippen LogP contribution in [0.4, 0.5) is 17.1 Å². The number of pyridine rings is 1. The number of carboxylic acids is 1. The summed E-state index contributed by atoms with van der Waals surface area (Å²) in [5, 5.41) is 13.0. The van der Waals surface area contributed by atoms with Gasteiger partial charge in [0.15, 0.2) is 0 Å². The molecule has 0 aliphatic carbocycles. The number of nitrogens with zero attached hydrogens (tertiary/aromatic N) is 2. The second kappa shape index (κ2) is 7.59. The van der Waals surface area contributed by atoms with Crippen LogP contribution in [-0.2, 0) is 0 Å². The number of rotatable bonds is 5. The van der Waals surface area contributed by atoms with Crippen LogP contribution in [0, 0.1) is 0 Å². The maximum atomic E-state index is 11.4. The highest BCUT2D eigenvalue weighted by atomic mass is 35.5. The standard InChI is InChI=1S/C19H14ClN3O2/c20-14-7-8-17(23-16-6-2-1-5-15(16)19(24)25)18(10-14)22-12-13-4-3-9-21-11-13/h1-12,23H,(H,24,25). The molecule has 0 aliphatic heterocycles. The van der Waals surface area contributed by atoms with Crippen molar-refractivity contribution in [1.82, 2.24) is 4.98 Å². The lowest BCUT2D eigenvalue weighted by Crippen LogP contribution is -2.02. The van der Waals surface area contributed by atoms with Crippen molar-refractivity contribution >= 4 is 40.8 Å². The Balaban J connectivity index is 1.95. The minimum absolute atomic E-state index is 0.180. The lowest BCUT2D eigenvalue weighted by molar-refractivity contribution is 0.0698. The van der Waals surface area contributed by atoms with E-state index >= 15 is 0 Å². The van der Waals surface area contributed by atoms with Gasteiger partial charge in [0.05, 0.1) is 22.6 Å². The van der Waals surface area contributed by atoms with Gasteiger partial charge in [-0.05, 0) is 36.4 Å². The predicted octanol–water partition coefficient (Wildman–Crippen LogP) is 4.93. The van der Waals surface area contributed by atoms with Crippen molar-refractivity contribution in [1.29, 1.82) is 0 Å². The lowest BCUT2D eigenvalue weighted by Gasteiger charge is -2.12. The quantitative estimate of drug-likeness (QED) is 0.639. The second-order valence-electron chi connectivity index (χ2n) is 5.18. The molecule has 0 amide bonds. The maximum absolute atomic E-state index is 11.4. The summed E-state index contributed by atoms with van der Waals surface area (Å²) in [4.78, 5) is 19.9. The number of carbonyl (C=O) groups is 1. The molecule has 5 nitrogen and oxygen atoms in total. The van der Waals surface area contributed by atoms with Crippen LogP contribution in [0.5, 0.6) is 0 Å². The summed E-state index contributed by atoms with van der Waals surface area (Å²) in [5.41, 5.74) is 2.75. The van der Waals surface area contributed by atoms with E-state index in [-0.39, 0.29) is 5.56 Å². The van der Waals surface area contributed by atoms with E-state index in [9.17, 15) is 9.90 Å². The number of carboxylic acid groups (broad SMARTS) is 1. The average molecular weight is 352 g/mol. The molecule has 1 aromatic heterocycles. The Hall–Kier alpha value is -3.18. The Morgan fingerprint density at radius 2 is 1.96 bits per heavy atom. The first kappa shape index (κ1) is 16.7. The van der Waals surface area contributed by atoms with Gasteiger partial charge in [0, 0.05) is 29.2 Å². The molecule has 0 radical (unpaired) electrons. The highest BCUT2D eigenvalue weighted by Gasteiger charge is 2.11. The van der Waals surface area contributed by atoms with Crippen LogP contribution in [0.25, 0.3) is 0 Å². The van der Waals surface area contributed by atoms with Crippen molar-refractivity contribution in [3.63, 3.8) is 0 Å². The van der Waals surface area contributed by atoms with Gasteiger partial charge in [0.2, 0.25) is 0 Å². The van der Waals surface area contributed by atoms with Crippen LogP contribution < -0.4 is 5.32 Å². The minimum atomic E-state index is -1.00. The van der Waals surface area contributed by atoms with Crippen molar-refractivity contribution in [2.24, 2.45) is 4.99 Å². The Morgan fingerprint density at radius 1 is 1.12 bits per heavy atom. The van der Waals surface area contributed by atoms with Gasteiger partial charge in [0.1, 0.15) is 0 Å². The summed E-state index contributed by atoms with van der Waals surface area (Å²) in [7, 11) is 0. The third kappa shape index (κ3) is 4.22. The molecule has 0 atom stereocenters. The fourth-order valence-electron chi connectivity index (χ4n) is 2.24. The Kier molecular flexibility index (Phi) is 5.06. The zero-order chi connectivity index (χ0) is 17.6. The molecule has 3 aromatic rings. The first-order valence-corrected chi connectivity index (χ1v) is 7.84. The molecule has 25 heavy (non-hydrogen) atoms. The third-order valence-corrected chi connectivity index (χ3v) is 3.66. The summed E-state index contributed by atoms with van der Waals surface area (Å²) in [6.07, 6.45) is 5.06. The summed E-state index contributed by atoms with van der Waals surface area (Å²) >= 11 is 6.08. The van der Waals surface area contributed by atoms with Gasteiger partial charge >= 0.3 is 5.97 Å². The van der Waals surface area contributed by atoms with Crippen LogP contribution in [0.3, 0.4) is 0 Å². The normalized spacial score (nSPS) is 10.8. The van der Waals surface area contributed by atoms with Crippen molar-refractivity contribution < 1.29 is 9.90 Å². The van der Waals surface area contributed by atoms with Gasteiger partial charge < -0.3 is 10.4 Å². The molecule has 0 aliphatic rings. The maximum Gasteiger partial charge on any atom is 0.337 e. The molecule has 3 rings (SSSR count). The van der Waals surface area contributed by atoms with Crippen molar-refractivity contribution in [3.05, 3.63) is 83.1 Å². The van der Waals surface area contributed by atoms with Crippen molar-refractivity contribution in [2.75, 3.05) is 5.32 Å². The number of halogens is 1. The summed E-state index contributed by atoms with van der Waals surface area (Å²) < 4.78 is 0. The molecule has 2 N–H and O–H groups in total. The first-order chi connectivity index (χ1) is 12.1. The topological polar surface area (TPSA) is 74.6 Å². The van der Waals surface area contributed by atoms with Gasteiger partial charge in [-0.25, -0.2) is 4.79 Å². The molecule has 1 heterocycles. The number of hydrogen-bond acceptors (Lipinski definition) is 4. The molecule has 124 valence electrons. The van der Waals surface area contributed by atoms with Gasteiger partial charge in [-0.3, -0.25) is 9.98 Å². The van der Waals surface area contributed by atoms with E-state index < -0.39 is 5.97 Å². The molecule has 0 unspecified atom stereocenters. The zero-order valence-corrected chi connectivity index (χ0v) is 13.8. The van der Waals surface area contributed by atoms with Crippen LogP contribution in [-0.4, -0.2) is 22.3 Å². The SMILES string of the molecule is O=C(O)c1ccccc1Nc1ccc(Cl)cc1N=Cc1cccnc1. The summed E-state index contributed by atoms with van der Waals surface area (Å²) in [6.45, 7) is 0. The highest BCUT2D eigenvalue weighted by Crippen LogP contribution is 2.32. The summed E-state index contributed by atoms with van der Waals surface area (Å²) in [6, 6.07) is 15.6. The molecule has 6 heteroatoms. The molecule has 0 saturated heterocycles. The molecular weight excluding hydrogens is 338 g/mol. The van der Waals surface area contributed by atoms with Gasteiger partial charge in [-0.1, -0.05) is 29.8 Å². The Morgan fingerprint density at radius 3 is 2.72 bits per heavy atom. The van der Waals surface area contributed by atoms with E-state index in [0.29, 0.717) is 22.1 Å². The van der Waals surface area contributed by atoms with Gasteiger partial charge in [-0.15, -0.1) is 0 Å². The van der Waals surface area contributed by atoms with E-state index in [1.807, 2.05) is 12.1 Å². The number of benzene rings is 2. The fourth-order valence-corrected chi connectivity index (χ4v) is 2.40. The number of para-hydroxylation sites is 1. The number of hydrogen-bond donors (Lipinski definition) is 2. The van der Waals surface area contributed by atoms with Crippen molar-refractivity contribution in [3.8, 4) is 0 Å². The lowest BCUT2D eigenvalue weighted by atomic mass is 10.1. The van der Waals surface area contributed by atoms with Crippen LogP contribution in [0.2, 0.25) is 5.02 Å². The molecule has 2 aromatic carbocycles. The average Bonchev–Trinajstić information content (AvgIpc) is 2.63. The van der Waals surface area contributed by atoms with E-state index in [1.165, 1.54) is 0 Å². The van der Waals surface area contributed by atoms with Crippen LogP contribution in [0.15, 0.2) is 72.0 Å². The number of aromatic nitrogens is 1. The predicted molar refractivity (Wildman–Crippen MR) is 99.6 cm³/mol. The van der Waals surface area contributed by atoms with Crippen LogP contribution >= 0.6 is 11.6 Å². The smallest absolute Gasteiger partial charge is 0.337 e. The number of anilines is 2. The molecule has 0 bridgehead atoms. The number of nitrogens with one attached hydrogen (secondary N) is 1. The second-order valence-corrected chi connectivity index (χ2v) is 5.62. The largest absolute Gasteiger partial charge is 0.478 e. The summed E-state index contributed by atoms with van der Waals surface area (Å²) in [5.74, 6) is -1.00.